The lowest BCUT2D eigenvalue weighted by Crippen LogP contribution is -2.25. The van der Waals surface area contributed by atoms with Gasteiger partial charge in [0.15, 0.2) is 6.10 Å². The summed E-state index contributed by atoms with van der Waals surface area (Å²) in [5.74, 6) is -0.348. The van der Waals surface area contributed by atoms with Gasteiger partial charge in [0.05, 0.1) is 31.7 Å². The van der Waals surface area contributed by atoms with Gasteiger partial charge < -0.3 is 24.8 Å². The molecule has 0 saturated carbocycles. The Morgan fingerprint density at radius 2 is 1.31 bits per heavy atom. The van der Waals surface area contributed by atoms with Crippen LogP contribution in [0.1, 0.15) is 162 Å². The van der Waals surface area contributed by atoms with Crippen LogP contribution in [-0.4, -0.2) is 55.5 Å². The number of phosphoric acid groups is 1. The molecule has 1 heterocycles. The molecule has 3 unspecified atom stereocenters. The maximum atomic E-state index is 12.4. The van der Waals surface area contributed by atoms with Gasteiger partial charge in [-0.2, -0.15) is 0 Å². The van der Waals surface area contributed by atoms with Gasteiger partial charge in [-0.05, 0) is 57.4 Å². The van der Waals surface area contributed by atoms with E-state index in [4.69, 9.17) is 29.0 Å². The molecular weight excluding hydrogens is 665 g/mol. The molecule has 1 rings (SSSR count). The van der Waals surface area contributed by atoms with Crippen molar-refractivity contribution >= 4 is 13.8 Å². The summed E-state index contributed by atoms with van der Waals surface area (Å²) in [5.41, 5.74) is 5.35. The zero-order valence-electron chi connectivity index (χ0n) is 32.3. The lowest BCUT2D eigenvalue weighted by atomic mass is 10.0. The van der Waals surface area contributed by atoms with Gasteiger partial charge >= 0.3 is 13.8 Å². The second-order valence-corrected chi connectivity index (χ2v) is 15.1. The summed E-state index contributed by atoms with van der Waals surface area (Å²) in [6.07, 6.45) is 42.6. The molecule has 3 N–H and O–H groups in total. The third kappa shape index (κ3) is 31.5. The molecule has 0 aromatic heterocycles. The number of ether oxygens (including phenoxy) is 3. The molecular formula is C41H74NO8P. The first-order valence-electron chi connectivity index (χ1n) is 20.3. The average Bonchev–Trinajstić information content (AvgIpc) is 3.88. The summed E-state index contributed by atoms with van der Waals surface area (Å²) in [6, 6.07) is 0. The Morgan fingerprint density at radius 1 is 0.725 bits per heavy atom. The van der Waals surface area contributed by atoms with Gasteiger partial charge in [0.2, 0.25) is 0 Å². The summed E-state index contributed by atoms with van der Waals surface area (Å²) in [4.78, 5) is 22.2. The SMILES string of the molecule is CCCCCCCCCCCCCC/C=C/O[C@H](COC(=O)CCC/C=C\C/C=C\C/C=C\CC1OC1CCCCC)COP(=O)(O)OCCN. The van der Waals surface area contributed by atoms with Crippen molar-refractivity contribution in [3.8, 4) is 0 Å². The van der Waals surface area contributed by atoms with Gasteiger partial charge in [0.1, 0.15) is 6.61 Å². The van der Waals surface area contributed by atoms with Gasteiger partial charge in [-0.1, -0.05) is 140 Å². The Bertz CT molecular complexity index is 985. The highest BCUT2D eigenvalue weighted by molar-refractivity contribution is 7.47. The smallest absolute Gasteiger partial charge is 0.472 e. The maximum absolute atomic E-state index is 12.4. The fourth-order valence-corrected chi connectivity index (χ4v) is 6.36. The second-order valence-electron chi connectivity index (χ2n) is 13.6. The van der Waals surface area contributed by atoms with E-state index in [-0.39, 0.29) is 38.8 Å². The highest BCUT2D eigenvalue weighted by Gasteiger charge is 2.36. The number of carbonyl (C=O) groups excluding carboxylic acids is 1. The van der Waals surface area contributed by atoms with E-state index >= 15 is 0 Å². The molecule has 0 spiro atoms. The van der Waals surface area contributed by atoms with Crippen LogP contribution < -0.4 is 5.73 Å². The monoisotopic (exact) mass is 740 g/mol. The number of nitrogens with two attached hydrogens (primary N) is 1. The number of hydrogen-bond acceptors (Lipinski definition) is 8. The first kappa shape index (κ1) is 47.3. The van der Waals surface area contributed by atoms with Gasteiger partial charge in [0.25, 0.3) is 0 Å². The molecule has 0 radical (unpaired) electrons. The normalized spacial score (nSPS) is 18.0. The molecule has 0 bridgehead atoms. The molecule has 9 nitrogen and oxygen atoms in total. The van der Waals surface area contributed by atoms with Crippen molar-refractivity contribution in [3.63, 3.8) is 0 Å². The average molecular weight is 740 g/mol. The number of hydrogen-bond donors (Lipinski definition) is 2. The van der Waals surface area contributed by atoms with Gasteiger partial charge in [-0.25, -0.2) is 4.57 Å². The van der Waals surface area contributed by atoms with Crippen molar-refractivity contribution in [3.05, 3.63) is 48.8 Å². The Kier molecular flexibility index (Phi) is 31.6. The number of epoxide rings is 1. The molecule has 0 aliphatic carbocycles. The summed E-state index contributed by atoms with van der Waals surface area (Å²) < 4.78 is 38.8. The van der Waals surface area contributed by atoms with Crippen LogP contribution in [0.4, 0.5) is 0 Å². The van der Waals surface area contributed by atoms with E-state index in [1.54, 1.807) is 6.26 Å². The molecule has 0 amide bonds. The fourth-order valence-electron chi connectivity index (χ4n) is 5.60. The Labute approximate surface area is 311 Å². The van der Waals surface area contributed by atoms with E-state index in [1.165, 1.54) is 96.3 Å². The van der Waals surface area contributed by atoms with Crippen molar-refractivity contribution in [1.29, 1.82) is 0 Å². The van der Waals surface area contributed by atoms with Crippen molar-refractivity contribution < 1.29 is 37.5 Å². The molecule has 1 aliphatic rings. The topological polar surface area (TPSA) is 130 Å². The molecule has 4 atom stereocenters. The van der Waals surface area contributed by atoms with Gasteiger partial charge in [-0.3, -0.25) is 13.8 Å². The van der Waals surface area contributed by atoms with Crippen LogP contribution in [0.15, 0.2) is 48.8 Å². The minimum Gasteiger partial charge on any atom is -0.492 e. The fraction of sp³-hybridized carbons (Fsp3) is 0.780. The van der Waals surface area contributed by atoms with E-state index in [1.807, 2.05) is 6.08 Å². The molecule has 51 heavy (non-hydrogen) atoms. The van der Waals surface area contributed by atoms with E-state index in [0.717, 1.165) is 38.5 Å². The number of allylic oxidation sites excluding steroid dienone is 6. The van der Waals surface area contributed by atoms with Gasteiger partial charge in [0, 0.05) is 13.0 Å². The lowest BCUT2D eigenvalue weighted by Gasteiger charge is -2.19. The number of esters is 1. The highest BCUT2D eigenvalue weighted by atomic mass is 31.2. The van der Waals surface area contributed by atoms with Crippen LogP contribution in [0.5, 0.6) is 0 Å². The van der Waals surface area contributed by atoms with Gasteiger partial charge in [-0.15, -0.1) is 0 Å². The summed E-state index contributed by atoms with van der Waals surface area (Å²) in [6.45, 7) is 4.11. The zero-order valence-corrected chi connectivity index (χ0v) is 33.2. The first-order chi connectivity index (χ1) is 24.9. The summed E-state index contributed by atoms with van der Waals surface area (Å²) >= 11 is 0. The molecule has 10 heteroatoms. The van der Waals surface area contributed by atoms with Crippen LogP contribution >= 0.6 is 7.82 Å². The van der Waals surface area contributed by atoms with Crippen molar-refractivity contribution in [2.24, 2.45) is 5.73 Å². The van der Waals surface area contributed by atoms with Crippen molar-refractivity contribution in [1.82, 2.24) is 0 Å². The lowest BCUT2D eigenvalue weighted by molar-refractivity contribution is -0.147. The third-order valence-electron chi connectivity index (χ3n) is 8.76. The van der Waals surface area contributed by atoms with Crippen LogP contribution in [0, 0.1) is 0 Å². The third-order valence-corrected chi connectivity index (χ3v) is 9.75. The van der Waals surface area contributed by atoms with E-state index in [9.17, 15) is 14.3 Å². The molecule has 1 aliphatic heterocycles. The second kappa shape index (κ2) is 34.1. The summed E-state index contributed by atoms with van der Waals surface area (Å²) in [7, 11) is -4.28. The standard InChI is InChI=1S/C41H74NO8P/c1-3-5-7-8-9-10-11-12-13-16-19-22-25-29-34-46-38(37-49-51(44,45)48-35-33-42)36-47-41(43)32-28-24-21-18-15-14-17-20-23-27-31-40-39(50-40)30-26-6-4-2/h14,17-18,21,23,27,29,34,38-40H,3-13,15-16,19-20,22,24-26,28,30-33,35-37,42H2,1-2H3,(H,44,45)/b17-14-,21-18-,27-23-,34-29+/t38-,39?,40?/m1/s1. The van der Waals surface area contributed by atoms with E-state index in [0.29, 0.717) is 18.6 Å². The minimum atomic E-state index is -4.28. The molecule has 296 valence electrons. The predicted molar refractivity (Wildman–Crippen MR) is 209 cm³/mol. The Hall–Kier alpha value is -1.74. The minimum absolute atomic E-state index is 0.0906. The maximum Gasteiger partial charge on any atom is 0.472 e. The number of rotatable bonds is 37. The predicted octanol–water partition coefficient (Wildman–Crippen LogP) is 11.0. The number of phosphoric ester groups is 1. The van der Waals surface area contributed by atoms with E-state index in [2.05, 4.69) is 50.3 Å². The van der Waals surface area contributed by atoms with Crippen molar-refractivity contribution in [2.45, 2.75) is 180 Å². The molecule has 1 fully saturated rings. The number of unbranched alkanes of at least 4 members (excludes halogenated alkanes) is 15. The zero-order chi connectivity index (χ0) is 37.1. The molecule has 0 aromatic rings. The Balaban J connectivity index is 2.20. The van der Waals surface area contributed by atoms with Crippen LogP contribution in [-0.2, 0) is 32.6 Å². The van der Waals surface area contributed by atoms with Crippen LogP contribution in [0.25, 0.3) is 0 Å². The quantitative estimate of drug-likeness (QED) is 0.0160. The summed E-state index contributed by atoms with van der Waals surface area (Å²) in [5, 5.41) is 0. The van der Waals surface area contributed by atoms with Crippen LogP contribution in [0.2, 0.25) is 0 Å². The highest BCUT2D eigenvalue weighted by Crippen LogP contribution is 2.43. The molecule has 1 saturated heterocycles. The first-order valence-corrected chi connectivity index (χ1v) is 21.8. The molecule has 0 aromatic carbocycles. The van der Waals surface area contributed by atoms with Crippen molar-refractivity contribution in [2.75, 3.05) is 26.4 Å². The van der Waals surface area contributed by atoms with E-state index < -0.39 is 13.9 Å². The number of carbonyl (C=O) groups is 1. The Morgan fingerprint density at radius 3 is 1.98 bits per heavy atom. The van der Waals surface area contributed by atoms with Crippen LogP contribution in [0.3, 0.4) is 0 Å². The largest absolute Gasteiger partial charge is 0.492 e.